The van der Waals surface area contributed by atoms with Gasteiger partial charge in [-0.2, -0.15) is 20.3 Å². The zero-order chi connectivity index (χ0) is 20.4. The topological polar surface area (TPSA) is 79.5 Å². The van der Waals surface area contributed by atoms with Gasteiger partial charge in [-0.15, -0.1) is 11.3 Å². The van der Waals surface area contributed by atoms with Crippen molar-refractivity contribution in [3.05, 3.63) is 59.5 Å². The molecule has 8 heteroatoms. The van der Waals surface area contributed by atoms with Gasteiger partial charge < -0.3 is 4.74 Å². The number of ether oxygens (including phenoxy) is 1. The summed E-state index contributed by atoms with van der Waals surface area (Å²) in [4.78, 5) is 17.5. The Morgan fingerprint density at radius 3 is 2.62 bits per heavy atom. The molecule has 1 amide bonds. The van der Waals surface area contributed by atoms with Gasteiger partial charge in [0.15, 0.2) is 6.04 Å². The van der Waals surface area contributed by atoms with Crippen molar-refractivity contribution in [3.8, 4) is 17.0 Å². The van der Waals surface area contributed by atoms with E-state index in [1.54, 1.807) is 26.2 Å². The zero-order valence-electron chi connectivity index (χ0n) is 16.2. The molecule has 0 aliphatic carbocycles. The minimum atomic E-state index is -0.772. The van der Waals surface area contributed by atoms with Crippen LogP contribution in [0, 0.1) is 6.92 Å². The number of hydrogen-bond donors (Lipinski definition) is 0. The first-order valence-electron chi connectivity index (χ1n) is 9.02. The number of para-hydroxylation sites is 1. The van der Waals surface area contributed by atoms with E-state index in [9.17, 15) is 4.79 Å². The molecule has 0 N–H and O–H groups in total. The van der Waals surface area contributed by atoms with Gasteiger partial charge in [-0.05, 0) is 26.0 Å². The molecule has 1 aliphatic heterocycles. The Morgan fingerprint density at radius 1 is 1.10 bits per heavy atom. The maximum Gasteiger partial charge on any atom is 0.282 e. The van der Waals surface area contributed by atoms with Crippen LogP contribution in [0.2, 0.25) is 0 Å². The lowest BCUT2D eigenvalue weighted by Gasteiger charge is -2.08. The number of thiazole rings is 1. The predicted octanol–water partition coefficient (Wildman–Crippen LogP) is 5.00. The van der Waals surface area contributed by atoms with Gasteiger partial charge in [-0.1, -0.05) is 42.0 Å². The Balaban J connectivity index is 1.55. The van der Waals surface area contributed by atoms with Crippen LogP contribution in [0.1, 0.15) is 12.5 Å². The van der Waals surface area contributed by atoms with E-state index in [0.717, 1.165) is 11.3 Å². The van der Waals surface area contributed by atoms with E-state index >= 15 is 0 Å². The van der Waals surface area contributed by atoms with Crippen molar-refractivity contribution in [2.24, 2.45) is 15.3 Å². The molecule has 3 aromatic rings. The summed E-state index contributed by atoms with van der Waals surface area (Å²) in [5, 5.41) is 16.5. The number of amides is 1. The van der Waals surface area contributed by atoms with Crippen LogP contribution in [-0.2, 0) is 4.79 Å². The van der Waals surface area contributed by atoms with Crippen LogP contribution in [0.5, 0.6) is 5.75 Å². The second kappa shape index (κ2) is 7.92. The van der Waals surface area contributed by atoms with E-state index in [4.69, 9.17) is 4.74 Å². The first-order valence-corrected chi connectivity index (χ1v) is 9.90. The summed E-state index contributed by atoms with van der Waals surface area (Å²) >= 11 is 1.37. The fraction of sp³-hybridized carbons (Fsp3) is 0.190. The molecule has 0 saturated carbocycles. The highest BCUT2D eigenvalue weighted by atomic mass is 32.1. The van der Waals surface area contributed by atoms with Crippen molar-refractivity contribution in [2.45, 2.75) is 19.9 Å². The minimum absolute atomic E-state index is 0.272. The van der Waals surface area contributed by atoms with Crippen LogP contribution in [0.3, 0.4) is 0 Å². The van der Waals surface area contributed by atoms with Crippen molar-refractivity contribution in [1.82, 2.24) is 4.98 Å². The molecule has 4 rings (SSSR count). The van der Waals surface area contributed by atoms with Crippen LogP contribution in [0.25, 0.3) is 11.3 Å². The third-order valence-corrected chi connectivity index (χ3v) is 5.30. The molecule has 1 aromatic heterocycles. The molecule has 0 unspecified atom stereocenters. The standard InChI is InChI=1S/C21H19N5O2S/c1-13-8-10-15(11-9-13)17-12-29-21(22-17)26-20(27)19(14(2)25-26)24-23-16-6-4-5-7-18(16)28-3/h4-12,19H,1-3H3/t19-/m0/s1. The normalized spacial score (nSPS) is 16.5. The first-order chi connectivity index (χ1) is 14.1. The van der Waals surface area contributed by atoms with Gasteiger partial charge in [0, 0.05) is 10.9 Å². The average molecular weight is 405 g/mol. The summed E-state index contributed by atoms with van der Waals surface area (Å²) in [6.45, 7) is 3.80. The van der Waals surface area contributed by atoms with Crippen LogP contribution in [0.4, 0.5) is 10.8 Å². The lowest BCUT2D eigenvalue weighted by molar-refractivity contribution is -0.117. The molecule has 0 spiro atoms. The third-order valence-electron chi connectivity index (χ3n) is 4.48. The van der Waals surface area contributed by atoms with Gasteiger partial charge >= 0.3 is 0 Å². The lowest BCUT2D eigenvalue weighted by Crippen LogP contribution is -2.29. The number of aromatic nitrogens is 1. The minimum Gasteiger partial charge on any atom is -0.494 e. The number of carbonyl (C=O) groups is 1. The van der Waals surface area contributed by atoms with E-state index < -0.39 is 6.04 Å². The van der Waals surface area contributed by atoms with Gasteiger partial charge in [0.1, 0.15) is 11.4 Å². The highest BCUT2D eigenvalue weighted by Gasteiger charge is 2.36. The Hall–Kier alpha value is -3.39. The number of azo groups is 1. The van der Waals surface area contributed by atoms with E-state index in [0.29, 0.717) is 22.3 Å². The van der Waals surface area contributed by atoms with E-state index in [-0.39, 0.29) is 5.91 Å². The Bertz CT molecular complexity index is 1100. The van der Waals surface area contributed by atoms with Crippen LogP contribution in [-0.4, -0.2) is 29.8 Å². The van der Waals surface area contributed by atoms with Crippen molar-refractivity contribution in [1.29, 1.82) is 0 Å². The average Bonchev–Trinajstić information content (AvgIpc) is 3.32. The van der Waals surface area contributed by atoms with Crippen molar-refractivity contribution in [3.63, 3.8) is 0 Å². The van der Waals surface area contributed by atoms with Crippen LogP contribution < -0.4 is 9.75 Å². The second-order valence-electron chi connectivity index (χ2n) is 6.56. The number of nitrogens with zero attached hydrogens (tertiary/aromatic N) is 5. The van der Waals surface area contributed by atoms with Gasteiger partial charge in [0.25, 0.3) is 5.91 Å². The van der Waals surface area contributed by atoms with E-state index in [2.05, 4.69) is 20.3 Å². The van der Waals surface area contributed by atoms with Gasteiger partial charge in [-0.3, -0.25) is 4.79 Å². The smallest absolute Gasteiger partial charge is 0.282 e. The highest BCUT2D eigenvalue weighted by Crippen LogP contribution is 2.31. The molecule has 146 valence electrons. The Labute approximate surface area is 172 Å². The summed E-state index contributed by atoms with van der Waals surface area (Å²) < 4.78 is 5.27. The molecule has 0 fully saturated rings. The second-order valence-corrected chi connectivity index (χ2v) is 7.40. The summed E-state index contributed by atoms with van der Waals surface area (Å²) in [6, 6.07) is 14.6. The van der Waals surface area contributed by atoms with E-state index in [1.807, 2.05) is 48.7 Å². The third kappa shape index (κ3) is 3.79. The Kier molecular flexibility index (Phi) is 5.18. The number of carbonyl (C=O) groups excluding carboxylic acids is 1. The fourth-order valence-corrected chi connectivity index (χ4v) is 3.66. The van der Waals surface area contributed by atoms with Crippen molar-refractivity contribution >= 4 is 33.8 Å². The molecular weight excluding hydrogens is 386 g/mol. The molecule has 1 atom stereocenters. The number of methoxy groups -OCH3 is 1. The molecule has 7 nitrogen and oxygen atoms in total. The molecule has 1 aliphatic rings. The van der Waals surface area contributed by atoms with Crippen molar-refractivity contribution < 1.29 is 9.53 Å². The van der Waals surface area contributed by atoms with Crippen LogP contribution >= 0.6 is 11.3 Å². The van der Waals surface area contributed by atoms with E-state index in [1.165, 1.54) is 21.9 Å². The van der Waals surface area contributed by atoms with Crippen molar-refractivity contribution in [2.75, 3.05) is 12.1 Å². The molecule has 2 heterocycles. The lowest BCUT2D eigenvalue weighted by atomic mass is 10.1. The first kappa shape index (κ1) is 18.9. The summed E-state index contributed by atoms with van der Waals surface area (Å²) in [5.41, 5.74) is 4.12. The molecule has 29 heavy (non-hydrogen) atoms. The summed E-state index contributed by atoms with van der Waals surface area (Å²) in [6.07, 6.45) is 0. The molecular formula is C21H19N5O2S. The molecule has 0 radical (unpaired) electrons. The SMILES string of the molecule is COc1ccccc1N=N[C@@H]1C(=O)N(c2nc(-c3ccc(C)cc3)cs2)N=C1C. The fourth-order valence-electron chi connectivity index (χ4n) is 2.88. The predicted molar refractivity (Wildman–Crippen MR) is 114 cm³/mol. The summed E-state index contributed by atoms with van der Waals surface area (Å²) in [5.74, 6) is 0.321. The van der Waals surface area contributed by atoms with Gasteiger partial charge in [-0.25, -0.2) is 4.98 Å². The number of anilines is 1. The zero-order valence-corrected chi connectivity index (χ0v) is 17.1. The maximum absolute atomic E-state index is 12.9. The molecule has 0 saturated heterocycles. The number of hydrazone groups is 1. The number of aryl methyl sites for hydroxylation is 1. The monoisotopic (exact) mass is 405 g/mol. The highest BCUT2D eigenvalue weighted by molar-refractivity contribution is 7.14. The largest absolute Gasteiger partial charge is 0.494 e. The Morgan fingerprint density at radius 2 is 1.86 bits per heavy atom. The quantitative estimate of drug-likeness (QED) is 0.560. The maximum atomic E-state index is 12.9. The number of rotatable bonds is 5. The van der Waals surface area contributed by atoms with Gasteiger partial charge in [0.05, 0.1) is 18.5 Å². The van der Waals surface area contributed by atoms with Gasteiger partial charge in [0.2, 0.25) is 5.13 Å². The summed E-state index contributed by atoms with van der Waals surface area (Å²) in [7, 11) is 1.57. The van der Waals surface area contributed by atoms with Crippen LogP contribution in [0.15, 0.2) is 69.2 Å². The number of hydrogen-bond acceptors (Lipinski definition) is 7. The molecule has 2 aromatic carbocycles. The molecule has 0 bridgehead atoms. The number of benzene rings is 2.